The Bertz CT molecular complexity index is 647. The van der Waals surface area contributed by atoms with Gasteiger partial charge in [-0.2, -0.15) is 0 Å². The highest BCUT2D eigenvalue weighted by Crippen LogP contribution is 2.57. The number of hydrogen-bond acceptors (Lipinski definition) is 5. The Kier molecular flexibility index (Phi) is 3.50. The third-order valence-electron chi connectivity index (χ3n) is 4.32. The monoisotopic (exact) mass is 338 g/mol. The van der Waals surface area contributed by atoms with Gasteiger partial charge in [-0.3, -0.25) is 15.4 Å². The maximum atomic E-state index is 12.5. The van der Waals surface area contributed by atoms with E-state index in [0.717, 1.165) is 10.5 Å². The highest BCUT2D eigenvalue weighted by Gasteiger charge is 2.71. The van der Waals surface area contributed by atoms with Crippen LogP contribution in [0.3, 0.4) is 0 Å². The van der Waals surface area contributed by atoms with Crippen molar-refractivity contribution in [2.45, 2.75) is 46.7 Å². The zero-order valence-corrected chi connectivity index (χ0v) is 14.2. The summed E-state index contributed by atoms with van der Waals surface area (Å²) in [6, 6.07) is 7.96. The lowest BCUT2D eigenvalue weighted by atomic mass is 9.91. The van der Waals surface area contributed by atoms with E-state index in [2.05, 4.69) is 0 Å². The first-order valence-electron chi connectivity index (χ1n) is 6.95. The summed E-state index contributed by atoms with van der Waals surface area (Å²) in [6.07, 6.45) is 0. The van der Waals surface area contributed by atoms with Crippen molar-refractivity contribution in [2.24, 2.45) is 5.73 Å². The van der Waals surface area contributed by atoms with Crippen molar-refractivity contribution in [3.05, 3.63) is 29.8 Å². The molecule has 118 valence electrons. The molecule has 3 atom stereocenters. The fourth-order valence-electron chi connectivity index (χ4n) is 2.84. The van der Waals surface area contributed by atoms with Crippen molar-refractivity contribution < 1.29 is 14.7 Å². The Labute approximate surface area is 137 Å². The fourth-order valence-corrected chi connectivity index (χ4v) is 5.80. The predicted molar refractivity (Wildman–Crippen MR) is 87.7 cm³/mol. The number of nitrogens with two attached hydrogens (primary N) is 1. The van der Waals surface area contributed by atoms with Gasteiger partial charge in [0.2, 0.25) is 11.6 Å². The van der Waals surface area contributed by atoms with E-state index in [0.29, 0.717) is 0 Å². The summed E-state index contributed by atoms with van der Waals surface area (Å²) >= 11 is 2.94. The Morgan fingerprint density at radius 3 is 2.50 bits per heavy atom. The second-order valence-electron chi connectivity index (χ2n) is 6.15. The lowest BCUT2D eigenvalue weighted by Gasteiger charge is -2.47. The van der Waals surface area contributed by atoms with E-state index in [1.165, 1.54) is 28.4 Å². The summed E-state index contributed by atoms with van der Waals surface area (Å²) in [5.41, 5.74) is 5.62. The van der Waals surface area contributed by atoms with Gasteiger partial charge < -0.3 is 5.11 Å². The molecule has 5 nitrogen and oxygen atoms in total. The van der Waals surface area contributed by atoms with Gasteiger partial charge in [-0.05, 0) is 32.9 Å². The number of hydrogen-bond donors (Lipinski definition) is 2. The van der Waals surface area contributed by atoms with E-state index in [1.54, 1.807) is 13.8 Å². The first kappa shape index (κ1) is 15.7. The molecule has 0 bridgehead atoms. The summed E-state index contributed by atoms with van der Waals surface area (Å²) in [4.78, 5) is 26.5. The number of rotatable bonds is 3. The molecule has 1 amide bonds. The molecule has 1 aromatic rings. The van der Waals surface area contributed by atoms with Crippen LogP contribution < -0.4 is 5.73 Å². The van der Waals surface area contributed by atoms with Gasteiger partial charge >= 0.3 is 5.97 Å². The van der Waals surface area contributed by atoms with Crippen LogP contribution in [0, 0.1) is 6.92 Å². The number of β-lactam (4-membered cyclic amide) rings is 1. The molecule has 2 aliphatic rings. The van der Waals surface area contributed by atoms with Crippen molar-refractivity contribution in [2.75, 3.05) is 0 Å². The summed E-state index contributed by atoms with van der Waals surface area (Å²) in [7, 11) is 0. The molecule has 0 spiro atoms. The molecule has 2 heterocycles. The zero-order chi connectivity index (χ0) is 16.3. The lowest BCUT2D eigenvalue weighted by Crippen LogP contribution is -2.75. The Balaban J connectivity index is 1.84. The Morgan fingerprint density at radius 2 is 1.95 bits per heavy atom. The number of carbonyl (C=O) groups excluding carboxylic acids is 1. The van der Waals surface area contributed by atoms with Crippen LogP contribution in [0.15, 0.2) is 29.2 Å². The van der Waals surface area contributed by atoms with Crippen molar-refractivity contribution in [1.82, 2.24) is 4.90 Å². The number of carbonyl (C=O) groups is 2. The molecule has 0 unspecified atom stereocenters. The number of carboxylic acids is 1. The molecule has 7 heteroatoms. The van der Waals surface area contributed by atoms with Crippen LogP contribution in [-0.2, 0) is 9.59 Å². The molecule has 22 heavy (non-hydrogen) atoms. The molecule has 0 radical (unpaired) electrons. The SMILES string of the molecule is Cc1ccc(S[C@@H]2C(=O)N3[C@@H]2SC(C)(C)[C@]3(N)C(=O)O)cc1. The lowest BCUT2D eigenvalue weighted by molar-refractivity contribution is -0.167. The molecule has 3 N–H and O–H groups in total. The maximum absolute atomic E-state index is 12.5. The summed E-state index contributed by atoms with van der Waals surface area (Å²) in [5, 5.41) is 9.04. The smallest absolute Gasteiger partial charge is 0.346 e. The number of nitrogens with zero attached hydrogens (tertiary/aromatic N) is 1. The van der Waals surface area contributed by atoms with E-state index in [9.17, 15) is 14.7 Å². The topological polar surface area (TPSA) is 83.6 Å². The van der Waals surface area contributed by atoms with Gasteiger partial charge in [-0.25, -0.2) is 4.79 Å². The van der Waals surface area contributed by atoms with Gasteiger partial charge in [-0.15, -0.1) is 23.5 Å². The minimum atomic E-state index is -1.65. The van der Waals surface area contributed by atoms with E-state index in [4.69, 9.17) is 5.73 Å². The van der Waals surface area contributed by atoms with E-state index in [1.807, 2.05) is 31.2 Å². The van der Waals surface area contributed by atoms with E-state index < -0.39 is 16.4 Å². The molecule has 2 aliphatic heterocycles. The number of carboxylic acid groups (broad SMARTS) is 1. The highest BCUT2D eigenvalue weighted by atomic mass is 32.2. The van der Waals surface area contributed by atoms with Gasteiger partial charge in [0.1, 0.15) is 10.6 Å². The molecule has 1 aromatic carbocycles. The van der Waals surface area contributed by atoms with E-state index in [-0.39, 0.29) is 16.5 Å². The van der Waals surface area contributed by atoms with Crippen LogP contribution >= 0.6 is 23.5 Å². The molecule has 0 aliphatic carbocycles. The minimum Gasteiger partial charge on any atom is -0.478 e. The Hall–Kier alpha value is -1.18. The summed E-state index contributed by atoms with van der Waals surface area (Å²) in [5.74, 6) is -1.35. The van der Waals surface area contributed by atoms with Crippen LogP contribution in [0.4, 0.5) is 0 Å². The number of thioether (sulfide) groups is 2. The van der Waals surface area contributed by atoms with Crippen molar-refractivity contribution in [1.29, 1.82) is 0 Å². The first-order valence-corrected chi connectivity index (χ1v) is 8.71. The molecule has 2 saturated heterocycles. The number of aryl methyl sites for hydroxylation is 1. The quantitative estimate of drug-likeness (QED) is 0.819. The fraction of sp³-hybridized carbons (Fsp3) is 0.467. The average molecular weight is 338 g/mol. The number of amides is 1. The van der Waals surface area contributed by atoms with Crippen LogP contribution in [0.25, 0.3) is 0 Å². The Morgan fingerprint density at radius 1 is 1.36 bits per heavy atom. The molecule has 0 aromatic heterocycles. The van der Waals surface area contributed by atoms with Crippen molar-refractivity contribution in [3.8, 4) is 0 Å². The number of fused-ring (bicyclic) bond motifs is 1. The van der Waals surface area contributed by atoms with Crippen molar-refractivity contribution in [3.63, 3.8) is 0 Å². The van der Waals surface area contributed by atoms with Gasteiger partial charge in [0.05, 0.1) is 4.75 Å². The second kappa shape index (κ2) is 4.91. The predicted octanol–water partition coefficient (Wildman–Crippen LogP) is 1.89. The molecular weight excluding hydrogens is 320 g/mol. The largest absolute Gasteiger partial charge is 0.478 e. The summed E-state index contributed by atoms with van der Waals surface area (Å²) < 4.78 is -0.734. The molecular formula is C15H18N2O3S2. The van der Waals surface area contributed by atoms with Gasteiger partial charge in [0, 0.05) is 4.90 Å². The zero-order valence-electron chi connectivity index (χ0n) is 12.6. The maximum Gasteiger partial charge on any atom is 0.346 e. The van der Waals surface area contributed by atoms with Crippen LogP contribution in [0.2, 0.25) is 0 Å². The normalized spacial score (nSPS) is 32.5. The number of aliphatic carboxylic acids is 1. The van der Waals surface area contributed by atoms with Crippen LogP contribution in [0.1, 0.15) is 19.4 Å². The standard InChI is InChI=1S/C15H18N2O3S2/c1-8-4-6-9(7-5-8)21-10-11(18)17-12(10)22-14(2,3)15(17,16)13(19)20/h4-7,10,12H,16H2,1-3H3,(H,19,20)/t10-,12-,15+/m1/s1. The van der Waals surface area contributed by atoms with Crippen LogP contribution in [0.5, 0.6) is 0 Å². The summed E-state index contributed by atoms with van der Waals surface area (Å²) in [6.45, 7) is 5.58. The van der Waals surface area contributed by atoms with Crippen molar-refractivity contribution >= 4 is 35.4 Å². The first-order chi connectivity index (χ1) is 10.2. The molecule has 2 fully saturated rings. The third kappa shape index (κ3) is 1.99. The van der Waals surface area contributed by atoms with E-state index >= 15 is 0 Å². The van der Waals surface area contributed by atoms with Crippen LogP contribution in [-0.4, -0.2) is 42.9 Å². The average Bonchev–Trinajstić information content (AvgIpc) is 2.64. The van der Waals surface area contributed by atoms with Gasteiger partial charge in [0.25, 0.3) is 0 Å². The third-order valence-corrected chi connectivity index (χ3v) is 7.37. The van der Waals surface area contributed by atoms with Gasteiger partial charge in [0.15, 0.2) is 0 Å². The minimum absolute atomic E-state index is 0.196. The molecule has 3 rings (SSSR count). The van der Waals surface area contributed by atoms with Gasteiger partial charge in [-0.1, -0.05) is 17.7 Å². The molecule has 0 saturated carbocycles. The number of benzene rings is 1. The highest BCUT2D eigenvalue weighted by molar-refractivity contribution is 8.05. The second-order valence-corrected chi connectivity index (χ2v) is 9.10.